The number of nitrogens with zero attached hydrogens (tertiary/aromatic N) is 6. The number of rotatable bonds is 4. The van der Waals surface area contributed by atoms with Crippen molar-refractivity contribution in [3.8, 4) is 10.7 Å². The highest BCUT2D eigenvalue weighted by molar-refractivity contribution is 7.89. The van der Waals surface area contributed by atoms with Crippen molar-refractivity contribution in [2.75, 3.05) is 31.1 Å². The zero-order valence-corrected chi connectivity index (χ0v) is 17.2. The molecule has 9 nitrogen and oxygen atoms in total. The van der Waals surface area contributed by atoms with Gasteiger partial charge in [0.05, 0.1) is 0 Å². The van der Waals surface area contributed by atoms with Crippen LogP contribution in [0.3, 0.4) is 0 Å². The average Bonchev–Trinajstić information content (AvgIpc) is 3.21. The molecule has 0 radical (unpaired) electrons. The third kappa shape index (κ3) is 3.52. The second-order valence-electron chi connectivity index (χ2n) is 6.50. The maximum absolute atomic E-state index is 13.0. The summed E-state index contributed by atoms with van der Waals surface area (Å²) in [5.74, 6) is 0.322. The van der Waals surface area contributed by atoms with E-state index >= 15 is 0 Å². The van der Waals surface area contributed by atoms with Crippen molar-refractivity contribution in [3.63, 3.8) is 0 Å². The summed E-state index contributed by atoms with van der Waals surface area (Å²) in [4.78, 5) is 6.55. The van der Waals surface area contributed by atoms with Gasteiger partial charge in [0.15, 0.2) is 10.8 Å². The molecule has 4 rings (SSSR count). The Balaban J connectivity index is 1.51. The van der Waals surface area contributed by atoms with Gasteiger partial charge in [0.2, 0.25) is 15.2 Å². The summed E-state index contributed by atoms with van der Waals surface area (Å²) in [6.07, 6.45) is 2.42. The van der Waals surface area contributed by atoms with E-state index in [-0.39, 0.29) is 4.90 Å². The normalized spacial score (nSPS) is 16.3. The number of aryl methyl sites for hydroxylation is 2. The third-order valence-electron chi connectivity index (χ3n) is 4.59. The van der Waals surface area contributed by atoms with Crippen LogP contribution in [0.1, 0.15) is 17.9 Å². The lowest BCUT2D eigenvalue weighted by Gasteiger charge is -2.20. The summed E-state index contributed by atoms with van der Waals surface area (Å²) < 4.78 is 32.6. The van der Waals surface area contributed by atoms with Crippen LogP contribution < -0.4 is 4.90 Å². The van der Waals surface area contributed by atoms with Crippen molar-refractivity contribution in [1.82, 2.24) is 24.6 Å². The molecule has 3 aromatic heterocycles. The summed E-state index contributed by atoms with van der Waals surface area (Å²) in [5.41, 5.74) is 1.17. The van der Waals surface area contributed by atoms with Crippen LogP contribution in [0.4, 0.5) is 5.13 Å². The molecule has 1 saturated heterocycles. The molecule has 0 aromatic carbocycles. The first-order valence-corrected chi connectivity index (χ1v) is 11.2. The van der Waals surface area contributed by atoms with E-state index in [1.807, 2.05) is 18.2 Å². The number of pyridine rings is 1. The number of sulfonamides is 1. The van der Waals surface area contributed by atoms with Gasteiger partial charge in [-0.25, -0.2) is 8.42 Å². The first kappa shape index (κ1) is 19.0. The zero-order valence-electron chi connectivity index (χ0n) is 15.6. The lowest BCUT2D eigenvalue weighted by molar-refractivity contribution is 0.389. The highest BCUT2D eigenvalue weighted by Crippen LogP contribution is 2.29. The van der Waals surface area contributed by atoms with Crippen LogP contribution >= 0.6 is 11.3 Å². The SMILES string of the molecule is Cc1noc(C)c1S(=O)(=O)N1CCCN(c2nnc(-c3ccccn3)s2)CC1. The van der Waals surface area contributed by atoms with Crippen LogP contribution in [0, 0.1) is 13.8 Å². The predicted octanol–water partition coefficient (Wildman–Crippen LogP) is 2.11. The zero-order chi connectivity index (χ0) is 19.7. The standard InChI is InChI=1S/C17H20N6O3S2/c1-12-15(13(2)26-21-12)28(24,25)23-9-5-8-22(10-11-23)17-20-19-16(27-17)14-6-3-4-7-18-14/h3-4,6-7H,5,8-11H2,1-2H3. The van der Waals surface area contributed by atoms with Crippen LogP contribution in [-0.2, 0) is 10.0 Å². The minimum atomic E-state index is -3.64. The molecular weight excluding hydrogens is 400 g/mol. The summed E-state index contributed by atoms with van der Waals surface area (Å²) in [5, 5.41) is 13.8. The molecule has 1 aliphatic heterocycles. The molecule has 0 N–H and O–H groups in total. The lowest BCUT2D eigenvalue weighted by Crippen LogP contribution is -2.35. The number of hydrogen-bond donors (Lipinski definition) is 0. The van der Waals surface area contributed by atoms with Gasteiger partial charge in [-0.05, 0) is 32.4 Å². The van der Waals surface area contributed by atoms with Gasteiger partial charge in [0.1, 0.15) is 16.3 Å². The fourth-order valence-electron chi connectivity index (χ4n) is 3.23. The number of aromatic nitrogens is 4. The summed E-state index contributed by atoms with van der Waals surface area (Å²) >= 11 is 1.46. The fraction of sp³-hybridized carbons (Fsp3) is 0.412. The molecule has 1 aliphatic rings. The van der Waals surface area contributed by atoms with Gasteiger partial charge >= 0.3 is 0 Å². The smallest absolute Gasteiger partial charge is 0.248 e. The average molecular weight is 421 g/mol. The Labute approximate surface area is 167 Å². The minimum Gasteiger partial charge on any atom is -0.360 e. The van der Waals surface area contributed by atoms with Crippen molar-refractivity contribution < 1.29 is 12.9 Å². The molecule has 148 valence electrons. The van der Waals surface area contributed by atoms with E-state index in [0.29, 0.717) is 44.1 Å². The van der Waals surface area contributed by atoms with Crippen LogP contribution in [0.2, 0.25) is 0 Å². The molecule has 1 fully saturated rings. The van der Waals surface area contributed by atoms with Gasteiger partial charge in [0, 0.05) is 32.4 Å². The molecule has 0 bridgehead atoms. The highest BCUT2D eigenvalue weighted by atomic mass is 32.2. The van der Waals surface area contributed by atoms with Gasteiger partial charge in [-0.15, -0.1) is 10.2 Å². The Bertz CT molecular complexity index is 1040. The Morgan fingerprint density at radius 2 is 1.96 bits per heavy atom. The van der Waals surface area contributed by atoms with Crippen LogP contribution in [0.25, 0.3) is 10.7 Å². The van der Waals surface area contributed by atoms with E-state index in [9.17, 15) is 8.42 Å². The molecule has 3 aromatic rings. The van der Waals surface area contributed by atoms with Crippen LogP contribution in [-0.4, -0.2) is 59.2 Å². The van der Waals surface area contributed by atoms with Crippen molar-refractivity contribution >= 4 is 26.5 Å². The molecule has 28 heavy (non-hydrogen) atoms. The van der Waals surface area contributed by atoms with Crippen molar-refractivity contribution in [2.24, 2.45) is 0 Å². The van der Waals surface area contributed by atoms with Gasteiger partial charge in [0.25, 0.3) is 0 Å². The topological polar surface area (TPSA) is 105 Å². The van der Waals surface area contributed by atoms with E-state index in [0.717, 1.165) is 15.8 Å². The van der Waals surface area contributed by atoms with Crippen LogP contribution in [0.15, 0.2) is 33.8 Å². The Morgan fingerprint density at radius 3 is 2.68 bits per heavy atom. The monoisotopic (exact) mass is 420 g/mol. The second kappa shape index (κ2) is 7.57. The molecule has 0 saturated carbocycles. The maximum Gasteiger partial charge on any atom is 0.248 e. The summed E-state index contributed by atoms with van der Waals surface area (Å²) in [6, 6.07) is 5.66. The number of anilines is 1. The molecule has 11 heteroatoms. The summed E-state index contributed by atoms with van der Waals surface area (Å²) in [6.45, 7) is 5.33. The molecule has 0 unspecified atom stereocenters. The first-order chi connectivity index (χ1) is 13.5. The van der Waals surface area contributed by atoms with Gasteiger partial charge in [-0.3, -0.25) is 4.98 Å². The van der Waals surface area contributed by atoms with E-state index in [2.05, 4.69) is 25.2 Å². The van der Waals surface area contributed by atoms with E-state index < -0.39 is 10.0 Å². The largest absolute Gasteiger partial charge is 0.360 e. The summed E-state index contributed by atoms with van der Waals surface area (Å²) in [7, 11) is -3.64. The number of hydrogen-bond acceptors (Lipinski definition) is 9. The third-order valence-corrected chi connectivity index (χ3v) is 7.74. The molecule has 0 aliphatic carbocycles. The van der Waals surface area contributed by atoms with E-state index in [1.165, 1.54) is 15.6 Å². The van der Waals surface area contributed by atoms with E-state index in [1.54, 1.807) is 20.0 Å². The molecular formula is C17H20N6O3S2. The van der Waals surface area contributed by atoms with Crippen molar-refractivity contribution in [3.05, 3.63) is 35.9 Å². The van der Waals surface area contributed by atoms with Crippen LogP contribution in [0.5, 0.6) is 0 Å². The predicted molar refractivity (Wildman–Crippen MR) is 105 cm³/mol. The Morgan fingerprint density at radius 1 is 1.11 bits per heavy atom. The Hall–Kier alpha value is -2.37. The van der Waals surface area contributed by atoms with Gasteiger partial charge in [-0.1, -0.05) is 22.6 Å². The second-order valence-corrected chi connectivity index (χ2v) is 9.33. The first-order valence-electron chi connectivity index (χ1n) is 8.89. The fourth-order valence-corrected chi connectivity index (χ4v) is 5.87. The molecule has 0 amide bonds. The maximum atomic E-state index is 13.0. The molecule has 0 atom stereocenters. The minimum absolute atomic E-state index is 0.175. The van der Waals surface area contributed by atoms with Gasteiger partial charge in [-0.2, -0.15) is 4.31 Å². The lowest BCUT2D eigenvalue weighted by atomic mass is 10.4. The van der Waals surface area contributed by atoms with Crippen molar-refractivity contribution in [1.29, 1.82) is 0 Å². The molecule has 4 heterocycles. The highest BCUT2D eigenvalue weighted by Gasteiger charge is 2.32. The Kier molecular flexibility index (Phi) is 5.13. The quantitative estimate of drug-likeness (QED) is 0.632. The van der Waals surface area contributed by atoms with Crippen molar-refractivity contribution in [2.45, 2.75) is 25.2 Å². The van der Waals surface area contributed by atoms with Gasteiger partial charge < -0.3 is 9.42 Å². The molecule has 0 spiro atoms. The van der Waals surface area contributed by atoms with E-state index in [4.69, 9.17) is 4.52 Å².